The second-order valence-corrected chi connectivity index (χ2v) is 8.24. The third-order valence-electron chi connectivity index (χ3n) is 4.91. The molecule has 0 aliphatic carbocycles. The van der Waals surface area contributed by atoms with Crippen LogP contribution in [0.15, 0.2) is 33.9 Å². The van der Waals surface area contributed by atoms with E-state index < -0.39 is 41.8 Å². The molecule has 0 unspecified atom stereocenters. The number of halogens is 3. The lowest BCUT2D eigenvalue weighted by molar-refractivity contribution is -0.320. The number of hydrogen-bond donors (Lipinski definition) is 0. The molecule has 0 saturated heterocycles. The van der Waals surface area contributed by atoms with E-state index in [2.05, 4.69) is 5.10 Å². The largest absolute Gasteiger partial charge is 0.546 e. The molecule has 1 heterocycles. The Kier molecular flexibility index (Phi) is 8.88. The van der Waals surface area contributed by atoms with E-state index in [4.69, 9.17) is 9.47 Å². The Morgan fingerprint density at radius 2 is 1.74 bits per heavy atom. The molecule has 12 heteroatoms. The van der Waals surface area contributed by atoms with Crippen molar-refractivity contribution in [3.63, 3.8) is 0 Å². The highest BCUT2D eigenvalue weighted by atomic mass is 19.4. The van der Waals surface area contributed by atoms with Crippen molar-refractivity contribution >= 4 is 5.97 Å². The van der Waals surface area contributed by atoms with E-state index in [1.165, 1.54) is 20.9 Å². The second kappa shape index (κ2) is 11.2. The van der Waals surface area contributed by atoms with Crippen molar-refractivity contribution in [1.29, 1.82) is 0 Å². The Bertz CT molecular complexity index is 1090. The topological polar surface area (TPSA) is 115 Å². The van der Waals surface area contributed by atoms with Gasteiger partial charge in [0.05, 0.1) is 12.6 Å². The monoisotopic (exact) mass is 486 g/mol. The highest BCUT2D eigenvalue weighted by Gasteiger charge is 2.26. The first-order chi connectivity index (χ1) is 15.8. The summed E-state index contributed by atoms with van der Waals surface area (Å²) in [5, 5.41) is 14.8. The Morgan fingerprint density at radius 1 is 1.09 bits per heavy atom. The van der Waals surface area contributed by atoms with Crippen LogP contribution in [0.3, 0.4) is 0 Å². The van der Waals surface area contributed by atoms with E-state index >= 15 is 0 Å². The van der Waals surface area contributed by atoms with Crippen LogP contribution in [0.5, 0.6) is 11.6 Å². The first-order valence-electron chi connectivity index (χ1n) is 10.7. The molecule has 0 spiro atoms. The average molecular weight is 486 g/mol. The first kappa shape index (κ1) is 26.9. The van der Waals surface area contributed by atoms with E-state index in [1.54, 1.807) is 24.3 Å². The maximum Gasteiger partial charge on any atom is 0.389 e. The minimum absolute atomic E-state index is 0.129. The number of nitrogens with zero attached hydrogens (tertiary/aromatic N) is 3. The molecule has 9 nitrogen and oxygen atoms in total. The van der Waals surface area contributed by atoms with E-state index in [-0.39, 0.29) is 19.0 Å². The average Bonchev–Trinajstić information content (AvgIpc) is 2.74. The molecule has 0 amide bonds. The van der Waals surface area contributed by atoms with Gasteiger partial charge >= 0.3 is 17.4 Å². The molecular weight excluding hydrogens is 459 g/mol. The van der Waals surface area contributed by atoms with Gasteiger partial charge in [-0.1, -0.05) is 12.1 Å². The summed E-state index contributed by atoms with van der Waals surface area (Å²) in [5.74, 6) is -1.27. The molecule has 0 atom stereocenters. The number of aromatic nitrogens is 3. The highest BCUT2D eigenvalue weighted by molar-refractivity contribution is 5.74. The van der Waals surface area contributed by atoms with Crippen LogP contribution in [0.25, 0.3) is 0 Å². The van der Waals surface area contributed by atoms with Gasteiger partial charge in [-0.05, 0) is 57.2 Å². The molecule has 0 aliphatic heterocycles. The van der Waals surface area contributed by atoms with Gasteiger partial charge in [0.15, 0.2) is 0 Å². The van der Waals surface area contributed by atoms with Crippen molar-refractivity contribution in [2.75, 3.05) is 6.61 Å². The maximum absolute atomic E-state index is 12.4. The number of ether oxygens (including phenoxy) is 2. The molecule has 0 bridgehead atoms. The standard InChI is InChI=1S/C22H28F3N3O6/c1-21(2,19(30)31)34-16-10-8-15(9-11-16)7-4-5-14-33-17-18(29)28(20(32)27(3)26-17)13-6-12-22(23,24)25/h8-11H,4-7,12-14H2,1-3H3,(H,30,31)/p-1. The van der Waals surface area contributed by atoms with Crippen LogP contribution in [0.4, 0.5) is 13.2 Å². The van der Waals surface area contributed by atoms with Crippen LogP contribution in [-0.4, -0.2) is 38.7 Å². The lowest BCUT2D eigenvalue weighted by atomic mass is 10.1. The van der Waals surface area contributed by atoms with Gasteiger partial charge in [0.25, 0.3) is 5.88 Å². The number of unbranched alkanes of at least 4 members (excludes halogenated alkanes) is 1. The fraction of sp³-hybridized carbons (Fsp3) is 0.545. The number of carboxylic acid groups (broad SMARTS) is 1. The summed E-state index contributed by atoms with van der Waals surface area (Å²) in [5.41, 5.74) is -2.15. The number of carbonyl (C=O) groups excluding carboxylic acids is 1. The van der Waals surface area contributed by atoms with Gasteiger partial charge < -0.3 is 19.4 Å². The maximum atomic E-state index is 12.4. The quantitative estimate of drug-likeness (QED) is 0.419. The van der Waals surface area contributed by atoms with Gasteiger partial charge in [0, 0.05) is 20.0 Å². The molecule has 0 saturated carbocycles. The lowest BCUT2D eigenvalue weighted by Gasteiger charge is -2.27. The fourth-order valence-electron chi connectivity index (χ4n) is 2.98. The van der Waals surface area contributed by atoms with Gasteiger partial charge in [0.2, 0.25) is 0 Å². The Labute approximate surface area is 193 Å². The van der Waals surface area contributed by atoms with E-state index in [9.17, 15) is 32.7 Å². The number of benzene rings is 1. The van der Waals surface area contributed by atoms with Crippen molar-refractivity contribution in [3.05, 3.63) is 50.7 Å². The zero-order chi connectivity index (χ0) is 25.5. The lowest BCUT2D eigenvalue weighted by Crippen LogP contribution is -2.47. The summed E-state index contributed by atoms with van der Waals surface area (Å²) in [7, 11) is 1.29. The van der Waals surface area contributed by atoms with Gasteiger partial charge in [-0.15, -0.1) is 5.10 Å². The summed E-state index contributed by atoms with van der Waals surface area (Å²) in [6.07, 6.45) is -3.97. The van der Waals surface area contributed by atoms with E-state index in [0.717, 1.165) is 10.2 Å². The zero-order valence-corrected chi connectivity index (χ0v) is 19.2. The van der Waals surface area contributed by atoms with Gasteiger partial charge in [-0.2, -0.15) is 13.2 Å². The second-order valence-electron chi connectivity index (χ2n) is 8.24. The SMILES string of the molecule is Cn1nc(OCCCCc2ccc(OC(C)(C)C(=O)[O-])cc2)c(=O)n(CCCC(F)(F)F)c1=O. The van der Waals surface area contributed by atoms with Gasteiger partial charge in [-0.3, -0.25) is 9.36 Å². The van der Waals surface area contributed by atoms with Crippen LogP contribution in [-0.2, 0) is 24.8 Å². The molecule has 2 rings (SSSR count). The van der Waals surface area contributed by atoms with Gasteiger partial charge in [0.1, 0.15) is 11.4 Å². The van der Waals surface area contributed by atoms with Crippen molar-refractivity contribution in [1.82, 2.24) is 14.3 Å². The Hall–Kier alpha value is -3.31. The van der Waals surface area contributed by atoms with Crippen LogP contribution in [0.2, 0.25) is 0 Å². The number of alkyl halides is 3. The third-order valence-corrected chi connectivity index (χ3v) is 4.91. The molecular formula is C22H27F3N3O6-. The summed E-state index contributed by atoms with van der Waals surface area (Å²) >= 11 is 0. The molecule has 188 valence electrons. The molecule has 0 radical (unpaired) electrons. The zero-order valence-electron chi connectivity index (χ0n) is 19.2. The highest BCUT2D eigenvalue weighted by Crippen LogP contribution is 2.21. The van der Waals surface area contributed by atoms with Crippen LogP contribution in [0, 0.1) is 0 Å². The normalized spacial score (nSPS) is 11.9. The van der Waals surface area contributed by atoms with Gasteiger partial charge in [-0.25, -0.2) is 9.48 Å². The summed E-state index contributed by atoms with van der Waals surface area (Å²) in [4.78, 5) is 35.5. The number of carbonyl (C=O) groups is 1. The number of hydrogen-bond acceptors (Lipinski definition) is 7. The van der Waals surface area contributed by atoms with Crippen molar-refractivity contribution in [3.8, 4) is 11.6 Å². The fourth-order valence-corrected chi connectivity index (χ4v) is 2.98. The van der Waals surface area contributed by atoms with Crippen molar-refractivity contribution in [2.24, 2.45) is 7.05 Å². The molecule has 1 aromatic carbocycles. The first-order valence-corrected chi connectivity index (χ1v) is 10.7. The smallest absolute Gasteiger partial charge is 0.389 e. The molecule has 2 aromatic rings. The minimum Gasteiger partial charge on any atom is -0.546 e. The Balaban J connectivity index is 1.86. The van der Waals surface area contributed by atoms with Crippen LogP contribution < -0.4 is 25.8 Å². The molecule has 0 fully saturated rings. The van der Waals surface area contributed by atoms with E-state index in [1.807, 2.05) is 0 Å². The van der Waals surface area contributed by atoms with Crippen LogP contribution >= 0.6 is 0 Å². The molecule has 34 heavy (non-hydrogen) atoms. The molecule has 1 aromatic heterocycles. The summed E-state index contributed by atoms with van der Waals surface area (Å²) in [6.45, 7) is 2.54. The summed E-state index contributed by atoms with van der Waals surface area (Å²) in [6, 6.07) is 6.92. The van der Waals surface area contributed by atoms with Crippen molar-refractivity contribution < 1.29 is 32.5 Å². The van der Waals surface area contributed by atoms with Crippen LogP contribution in [0.1, 0.15) is 45.1 Å². The number of rotatable bonds is 12. The Morgan fingerprint density at radius 3 is 2.32 bits per heavy atom. The number of aliphatic carboxylic acids is 1. The molecule has 0 aliphatic rings. The minimum atomic E-state index is -4.37. The predicted octanol–water partition coefficient (Wildman–Crippen LogP) is 1.59. The third kappa shape index (κ3) is 7.92. The van der Waals surface area contributed by atoms with Crippen molar-refractivity contribution in [2.45, 2.75) is 64.3 Å². The summed E-state index contributed by atoms with van der Waals surface area (Å²) < 4.78 is 49.4. The molecule has 0 N–H and O–H groups in total. The predicted molar refractivity (Wildman–Crippen MR) is 114 cm³/mol. The number of aryl methyl sites for hydroxylation is 2. The number of carboxylic acids is 1. The van der Waals surface area contributed by atoms with E-state index in [0.29, 0.717) is 29.6 Å².